The SMILES string of the molecule is O=C1C[C@@H](C(=O)Nc2ccc(Cl)cn2)c2ccccc2N1. The van der Waals surface area contributed by atoms with E-state index in [1.165, 1.54) is 6.20 Å². The van der Waals surface area contributed by atoms with Crippen LogP contribution in [0.4, 0.5) is 11.5 Å². The number of anilines is 2. The van der Waals surface area contributed by atoms with Crippen molar-refractivity contribution >= 4 is 34.9 Å². The van der Waals surface area contributed by atoms with Crippen molar-refractivity contribution in [2.75, 3.05) is 10.6 Å². The maximum absolute atomic E-state index is 12.4. The molecule has 0 unspecified atom stereocenters. The number of nitrogens with zero attached hydrogens (tertiary/aromatic N) is 1. The number of rotatable bonds is 2. The summed E-state index contributed by atoms with van der Waals surface area (Å²) in [5, 5.41) is 5.97. The molecule has 2 N–H and O–H groups in total. The fourth-order valence-corrected chi connectivity index (χ4v) is 2.42. The summed E-state index contributed by atoms with van der Waals surface area (Å²) in [7, 11) is 0. The van der Waals surface area contributed by atoms with Gasteiger partial charge in [0.05, 0.1) is 10.9 Å². The Hall–Kier alpha value is -2.40. The Labute approximate surface area is 126 Å². The number of aromatic nitrogens is 1. The van der Waals surface area contributed by atoms with E-state index in [1.54, 1.807) is 18.2 Å². The van der Waals surface area contributed by atoms with E-state index in [-0.39, 0.29) is 18.2 Å². The van der Waals surface area contributed by atoms with Gasteiger partial charge in [-0.25, -0.2) is 4.98 Å². The first kappa shape index (κ1) is 13.6. The smallest absolute Gasteiger partial charge is 0.233 e. The number of benzene rings is 1. The summed E-state index contributed by atoms with van der Waals surface area (Å²) >= 11 is 5.75. The van der Waals surface area contributed by atoms with Gasteiger partial charge >= 0.3 is 0 Å². The molecule has 1 aromatic carbocycles. The molecule has 1 aromatic heterocycles. The van der Waals surface area contributed by atoms with E-state index >= 15 is 0 Å². The molecule has 21 heavy (non-hydrogen) atoms. The molecule has 1 aliphatic heterocycles. The molecular weight excluding hydrogens is 290 g/mol. The fourth-order valence-electron chi connectivity index (χ4n) is 2.31. The van der Waals surface area contributed by atoms with Crippen LogP contribution in [0.25, 0.3) is 0 Å². The molecule has 1 atom stereocenters. The van der Waals surface area contributed by atoms with Gasteiger partial charge in [-0.1, -0.05) is 29.8 Å². The number of carbonyl (C=O) groups excluding carboxylic acids is 2. The molecule has 0 fully saturated rings. The summed E-state index contributed by atoms with van der Waals surface area (Å²) in [6, 6.07) is 10.6. The van der Waals surface area contributed by atoms with Crippen molar-refractivity contribution in [3.8, 4) is 0 Å². The highest BCUT2D eigenvalue weighted by Gasteiger charge is 2.30. The van der Waals surface area contributed by atoms with Gasteiger partial charge in [0.15, 0.2) is 0 Å². The van der Waals surface area contributed by atoms with Crippen LogP contribution in [0.15, 0.2) is 42.6 Å². The normalized spacial score (nSPS) is 16.8. The van der Waals surface area contributed by atoms with Crippen LogP contribution in [-0.2, 0) is 9.59 Å². The van der Waals surface area contributed by atoms with Crippen molar-refractivity contribution in [3.63, 3.8) is 0 Å². The van der Waals surface area contributed by atoms with Gasteiger partial charge in [0.1, 0.15) is 5.82 Å². The van der Waals surface area contributed by atoms with E-state index in [0.29, 0.717) is 16.5 Å². The highest BCUT2D eigenvalue weighted by molar-refractivity contribution is 6.30. The zero-order valence-electron chi connectivity index (χ0n) is 11.0. The van der Waals surface area contributed by atoms with Crippen LogP contribution in [0.2, 0.25) is 5.02 Å². The van der Waals surface area contributed by atoms with E-state index in [0.717, 1.165) is 5.56 Å². The van der Waals surface area contributed by atoms with Crippen molar-refractivity contribution < 1.29 is 9.59 Å². The van der Waals surface area contributed by atoms with Gasteiger partial charge in [-0.3, -0.25) is 9.59 Å². The van der Waals surface area contributed by atoms with Crippen LogP contribution >= 0.6 is 11.6 Å². The van der Waals surface area contributed by atoms with Gasteiger partial charge in [-0.2, -0.15) is 0 Å². The number of para-hydroxylation sites is 1. The van der Waals surface area contributed by atoms with Gasteiger partial charge in [0.2, 0.25) is 11.8 Å². The van der Waals surface area contributed by atoms with Gasteiger partial charge < -0.3 is 10.6 Å². The topological polar surface area (TPSA) is 71.1 Å². The number of pyridine rings is 1. The van der Waals surface area contributed by atoms with Crippen LogP contribution in [0.1, 0.15) is 17.9 Å². The summed E-state index contributed by atoms with van der Waals surface area (Å²) in [4.78, 5) is 28.1. The number of amides is 2. The number of hydrogen-bond donors (Lipinski definition) is 2. The minimum Gasteiger partial charge on any atom is -0.326 e. The zero-order chi connectivity index (χ0) is 14.8. The minimum absolute atomic E-state index is 0.121. The van der Waals surface area contributed by atoms with Gasteiger partial charge in [0.25, 0.3) is 0 Å². The summed E-state index contributed by atoms with van der Waals surface area (Å²) in [5.41, 5.74) is 1.49. The van der Waals surface area contributed by atoms with Crippen molar-refractivity contribution in [1.29, 1.82) is 0 Å². The molecule has 5 nitrogen and oxygen atoms in total. The maximum atomic E-state index is 12.4. The van der Waals surface area contributed by atoms with Gasteiger partial charge in [-0.05, 0) is 23.8 Å². The predicted octanol–water partition coefficient (Wildman–Crippen LogP) is 2.80. The average Bonchev–Trinajstić information content (AvgIpc) is 2.48. The molecule has 2 heterocycles. The van der Waals surface area contributed by atoms with Crippen LogP contribution in [0.5, 0.6) is 0 Å². The summed E-state index contributed by atoms with van der Waals surface area (Å²) in [5.74, 6) is -0.537. The maximum Gasteiger partial charge on any atom is 0.233 e. The Balaban J connectivity index is 1.84. The Morgan fingerprint density at radius 3 is 2.86 bits per heavy atom. The summed E-state index contributed by atoms with van der Waals surface area (Å²) in [6.07, 6.45) is 1.58. The lowest BCUT2D eigenvalue weighted by Crippen LogP contribution is -2.30. The van der Waals surface area contributed by atoms with Crippen LogP contribution in [-0.4, -0.2) is 16.8 Å². The summed E-state index contributed by atoms with van der Waals surface area (Å²) in [6.45, 7) is 0. The lowest BCUT2D eigenvalue weighted by Gasteiger charge is -2.24. The fraction of sp³-hybridized carbons (Fsp3) is 0.133. The van der Waals surface area contributed by atoms with Crippen molar-refractivity contribution in [1.82, 2.24) is 4.98 Å². The highest BCUT2D eigenvalue weighted by Crippen LogP contribution is 2.32. The van der Waals surface area contributed by atoms with Crippen molar-refractivity contribution in [2.45, 2.75) is 12.3 Å². The molecule has 0 bridgehead atoms. The molecule has 0 spiro atoms. The second kappa shape index (κ2) is 5.54. The molecule has 106 valence electrons. The lowest BCUT2D eigenvalue weighted by molar-refractivity contribution is -0.123. The molecule has 0 radical (unpaired) electrons. The van der Waals surface area contributed by atoms with Crippen LogP contribution < -0.4 is 10.6 Å². The number of carbonyl (C=O) groups is 2. The number of halogens is 1. The third-order valence-corrected chi connectivity index (χ3v) is 3.52. The Bertz CT molecular complexity index is 700. The molecule has 2 aromatic rings. The highest BCUT2D eigenvalue weighted by atomic mass is 35.5. The predicted molar refractivity (Wildman–Crippen MR) is 80.3 cm³/mol. The average molecular weight is 302 g/mol. The third kappa shape index (κ3) is 2.87. The Kier molecular flexibility index (Phi) is 3.58. The molecule has 6 heteroatoms. The minimum atomic E-state index is -0.521. The Morgan fingerprint density at radius 2 is 2.10 bits per heavy atom. The quantitative estimate of drug-likeness (QED) is 0.896. The second-order valence-electron chi connectivity index (χ2n) is 4.74. The number of hydrogen-bond acceptors (Lipinski definition) is 3. The molecule has 1 aliphatic rings. The Morgan fingerprint density at radius 1 is 1.29 bits per heavy atom. The van der Waals surface area contributed by atoms with E-state index in [2.05, 4.69) is 15.6 Å². The largest absolute Gasteiger partial charge is 0.326 e. The first-order valence-corrected chi connectivity index (χ1v) is 6.82. The van der Waals surface area contributed by atoms with E-state index in [9.17, 15) is 9.59 Å². The van der Waals surface area contributed by atoms with Gasteiger partial charge in [0, 0.05) is 18.3 Å². The van der Waals surface area contributed by atoms with Crippen molar-refractivity contribution in [2.24, 2.45) is 0 Å². The van der Waals surface area contributed by atoms with Crippen LogP contribution in [0.3, 0.4) is 0 Å². The number of fused-ring (bicyclic) bond motifs is 1. The summed E-state index contributed by atoms with van der Waals surface area (Å²) < 4.78 is 0. The van der Waals surface area contributed by atoms with Crippen molar-refractivity contribution in [3.05, 3.63) is 53.2 Å². The molecule has 2 amide bonds. The number of nitrogens with one attached hydrogen (secondary N) is 2. The first-order chi connectivity index (χ1) is 10.1. The standard InChI is InChI=1S/C15H12ClN3O2/c16-9-5-6-13(17-8-9)19-15(21)11-7-14(20)18-12-4-2-1-3-10(11)12/h1-6,8,11H,7H2,(H,18,20)(H,17,19,21)/t11-/m1/s1. The molecule has 0 aliphatic carbocycles. The van der Waals surface area contributed by atoms with Crippen LogP contribution in [0, 0.1) is 0 Å². The third-order valence-electron chi connectivity index (χ3n) is 3.29. The van der Waals surface area contributed by atoms with E-state index < -0.39 is 5.92 Å². The zero-order valence-corrected chi connectivity index (χ0v) is 11.7. The van der Waals surface area contributed by atoms with Gasteiger partial charge in [-0.15, -0.1) is 0 Å². The molecule has 0 saturated carbocycles. The van der Waals surface area contributed by atoms with E-state index in [1.807, 2.05) is 18.2 Å². The molecule has 3 rings (SSSR count). The monoisotopic (exact) mass is 301 g/mol. The lowest BCUT2D eigenvalue weighted by atomic mass is 9.90. The van der Waals surface area contributed by atoms with E-state index in [4.69, 9.17) is 11.6 Å². The second-order valence-corrected chi connectivity index (χ2v) is 5.18. The molecular formula is C15H12ClN3O2. The first-order valence-electron chi connectivity index (χ1n) is 6.44. The molecule has 0 saturated heterocycles.